The van der Waals surface area contributed by atoms with Crippen molar-refractivity contribution < 1.29 is 4.39 Å². The monoisotopic (exact) mass is 222 g/mol. The van der Waals surface area contributed by atoms with Crippen LogP contribution in [0.1, 0.15) is 43.9 Å². The molecule has 2 rings (SSSR count). The van der Waals surface area contributed by atoms with Gasteiger partial charge in [-0.05, 0) is 37.9 Å². The minimum atomic E-state index is -0.275. The summed E-state index contributed by atoms with van der Waals surface area (Å²) in [6.07, 6.45) is 4.44. The molecule has 0 fully saturated rings. The van der Waals surface area contributed by atoms with Crippen LogP contribution in [0.4, 0.5) is 4.39 Å². The molecule has 1 aliphatic heterocycles. The number of nitrogens with zero attached hydrogens (tertiary/aromatic N) is 2. The lowest BCUT2D eigenvalue weighted by Gasteiger charge is -2.40. The quantitative estimate of drug-likeness (QED) is 0.715. The van der Waals surface area contributed by atoms with E-state index >= 15 is 0 Å². The van der Waals surface area contributed by atoms with E-state index in [1.165, 1.54) is 0 Å². The summed E-state index contributed by atoms with van der Waals surface area (Å²) in [5.74, 6) is -0.275. The summed E-state index contributed by atoms with van der Waals surface area (Å²) in [6.45, 7) is 4.31. The maximum Gasteiger partial charge on any atom is 0.216 e. The summed E-state index contributed by atoms with van der Waals surface area (Å²) in [5, 5.41) is 0. The summed E-state index contributed by atoms with van der Waals surface area (Å²) in [7, 11) is 2.14. The molecule has 1 aliphatic rings. The molecule has 0 aromatic carbocycles. The maximum absolute atomic E-state index is 13.7. The van der Waals surface area contributed by atoms with E-state index in [1.54, 1.807) is 6.20 Å². The normalized spacial score (nSPS) is 25.5. The predicted molar refractivity (Wildman–Crippen MR) is 62.8 cm³/mol. The highest BCUT2D eigenvalue weighted by Gasteiger charge is 2.31. The van der Waals surface area contributed by atoms with E-state index in [-0.39, 0.29) is 5.95 Å². The smallest absolute Gasteiger partial charge is 0.216 e. The second-order valence-electron chi connectivity index (χ2n) is 4.53. The van der Waals surface area contributed by atoms with Crippen molar-refractivity contribution in [3.8, 4) is 0 Å². The first kappa shape index (κ1) is 11.5. The molecule has 2 nitrogen and oxygen atoms in total. The average molecular weight is 222 g/mol. The number of hydrogen-bond acceptors (Lipinski definition) is 2. The highest BCUT2D eigenvalue weighted by molar-refractivity contribution is 5.31. The van der Waals surface area contributed by atoms with Gasteiger partial charge >= 0.3 is 0 Å². The van der Waals surface area contributed by atoms with Crippen molar-refractivity contribution in [2.45, 2.75) is 45.2 Å². The third kappa shape index (κ3) is 1.73. The molecule has 2 atom stereocenters. The van der Waals surface area contributed by atoms with Gasteiger partial charge in [-0.15, -0.1) is 0 Å². The van der Waals surface area contributed by atoms with Gasteiger partial charge < -0.3 is 0 Å². The van der Waals surface area contributed by atoms with Crippen LogP contribution in [-0.4, -0.2) is 23.0 Å². The Kier molecular flexibility index (Phi) is 3.24. The summed E-state index contributed by atoms with van der Waals surface area (Å²) < 4.78 is 13.7. The highest BCUT2D eigenvalue weighted by Crippen LogP contribution is 2.35. The summed E-state index contributed by atoms with van der Waals surface area (Å²) in [6, 6.07) is 2.75. The Balaban J connectivity index is 2.46. The Labute approximate surface area is 96.5 Å². The SMILES string of the molecule is CCC1Cc2c(ccnc2F)C(CC)N1C. The van der Waals surface area contributed by atoms with E-state index in [1.807, 2.05) is 6.07 Å². The first-order valence-corrected chi connectivity index (χ1v) is 6.04. The van der Waals surface area contributed by atoms with Crippen LogP contribution in [0.2, 0.25) is 0 Å². The molecule has 0 aliphatic carbocycles. The molecule has 0 amide bonds. The fourth-order valence-electron chi connectivity index (χ4n) is 2.79. The molecule has 16 heavy (non-hydrogen) atoms. The zero-order valence-electron chi connectivity index (χ0n) is 10.2. The van der Waals surface area contributed by atoms with Crippen LogP contribution in [-0.2, 0) is 6.42 Å². The van der Waals surface area contributed by atoms with Crippen molar-refractivity contribution in [3.05, 3.63) is 29.3 Å². The molecule has 0 N–H and O–H groups in total. The van der Waals surface area contributed by atoms with Crippen LogP contribution < -0.4 is 0 Å². The second kappa shape index (κ2) is 4.50. The predicted octanol–water partition coefficient (Wildman–Crippen LogP) is 2.94. The Morgan fingerprint density at radius 1 is 1.44 bits per heavy atom. The largest absolute Gasteiger partial charge is 0.296 e. The maximum atomic E-state index is 13.7. The van der Waals surface area contributed by atoms with Crippen LogP contribution in [0.25, 0.3) is 0 Å². The number of hydrogen-bond donors (Lipinski definition) is 0. The van der Waals surface area contributed by atoms with Gasteiger partial charge in [-0.2, -0.15) is 4.39 Å². The standard InChI is InChI=1S/C13H19FN2/c1-4-9-8-11-10(6-7-15-13(11)14)12(5-2)16(9)3/h6-7,9,12H,4-5,8H2,1-3H3. The first-order chi connectivity index (χ1) is 7.69. The number of rotatable bonds is 2. The molecule has 1 aromatic heterocycles. The molecule has 2 unspecified atom stereocenters. The molecule has 0 radical (unpaired) electrons. The van der Waals surface area contributed by atoms with Gasteiger partial charge in [-0.3, -0.25) is 4.90 Å². The van der Waals surface area contributed by atoms with E-state index in [0.29, 0.717) is 12.1 Å². The first-order valence-electron chi connectivity index (χ1n) is 6.04. The number of fused-ring (bicyclic) bond motifs is 1. The van der Waals surface area contributed by atoms with Crippen LogP contribution in [0, 0.1) is 5.95 Å². The molecule has 0 spiro atoms. The molecule has 88 valence electrons. The lowest BCUT2D eigenvalue weighted by Crippen LogP contribution is -2.41. The highest BCUT2D eigenvalue weighted by atomic mass is 19.1. The third-order valence-corrected chi connectivity index (χ3v) is 3.76. The minimum Gasteiger partial charge on any atom is -0.296 e. The van der Waals surface area contributed by atoms with E-state index in [2.05, 4.69) is 30.8 Å². The van der Waals surface area contributed by atoms with Crippen LogP contribution in [0.3, 0.4) is 0 Å². The third-order valence-electron chi connectivity index (χ3n) is 3.76. The van der Waals surface area contributed by atoms with E-state index in [4.69, 9.17) is 0 Å². The van der Waals surface area contributed by atoms with E-state index in [0.717, 1.165) is 30.4 Å². The van der Waals surface area contributed by atoms with Gasteiger partial charge in [-0.1, -0.05) is 13.8 Å². The van der Waals surface area contributed by atoms with Crippen molar-refractivity contribution in [2.75, 3.05) is 7.05 Å². The number of pyridine rings is 1. The fraction of sp³-hybridized carbons (Fsp3) is 0.615. The molecule has 1 aromatic rings. The molecular weight excluding hydrogens is 203 g/mol. The lowest BCUT2D eigenvalue weighted by atomic mass is 9.87. The Hall–Kier alpha value is -0.960. The number of aromatic nitrogens is 1. The molecule has 3 heteroatoms. The van der Waals surface area contributed by atoms with E-state index in [9.17, 15) is 4.39 Å². The Bertz CT molecular complexity index is 378. The van der Waals surface area contributed by atoms with Crippen molar-refractivity contribution in [3.63, 3.8) is 0 Å². The number of likely N-dealkylation sites (N-methyl/N-ethyl adjacent to an activating group) is 1. The molecule has 0 saturated heterocycles. The average Bonchev–Trinajstić information content (AvgIpc) is 2.29. The van der Waals surface area contributed by atoms with Gasteiger partial charge in [0.05, 0.1) is 0 Å². The molecule has 0 bridgehead atoms. The second-order valence-corrected chi connectivity index (χ2v) is 4.53. The van der Waals surface area contributed by atoms with E-state index < -0.39 is 0 Å². The molecular formula is C13H19FN2. The van der Waals surface area contributed by atoms with Crippen molar-refractivity contribution in [2.24, 2.45) is 0 Å². The van der Waals surface area contributed by atoms with Crippen LogP contribution in [0.15, 0.2) is 12.3 Å². The lowest BCUT2D eigenvalue weighted by molar-refractivity contribution is 0.144. The molecule has 2 heterocycles. The molecule has 0 saturated carbocycles. The van der Waals surface area contributed by atoms with Gasteiger partial charge in [0, 0.05) is 23.8 Å². The van der Waals surface area contributed by atoms with Gasteiger partial charge in [-0.25, -0.2) is 4.98 Å². The topological polar surface area (TPSA) is 16.1 Å². The van der Waals surface area contributed by atoms with Gasteiger partial charge in [0.15, 0.2) is 0 Å². The van der Waals surface area contributed by atoms with Crippen LogP contribution >= 0.6 is 0 Å². The minimum absolute atomic E-state index is 0.275. The summed E-state index contributed by atoms with van der Waals surface area (Å²) >= 11 is 0. The Morgan fingerprint density at radius 3 is 2.81 bits per heavy atom. The van der Waals surface area contributed by atoms with Gasteiger partial charge in [0.2, 0.25) is 5.95 Å². The van der Waals surface area contributed by atoms with Crippen LogP contribution in [0.5, 0.6) is 0 Å². The van der Waals surface area contributed by atoms with Gasteiger partial charge in [0.1, 0.15) is 0 Å². The zero-order valence-corrected chi connectivity index (χ0v) is 10.2. The van der Waals surface area contributed by atoms with Crippen molar-refractivity contribution in [1.29, 1.82) is 0 Å². The Morgan fingerprint density at radius 2 is 2.19 bits per heavy atom. The zero-order chi connectivity index (χ0) is 11.7. The van der Waals surface area contributed by atoms with Crippen molar-refractivity contribution in [1.82, 2.24) is 9.88 Å². The van der Waals surface area contributed by atoms with Crippen molar-refractivity contribution >= 4 is 0 Å². The summed E-state index contributed by atoms with van der Waals surface area (Å²) in [5.41, 5.74) is 1.96. The summed E-state index contributed by atoms with van der Waals surface area (Å²) in [4.78, 5) is 6.15. The fourth-order valence-corrected chi connectivity index (χ4v) is 2.79. The van der Waals surface area contributed by atoms with Gasteiger partial charge in [0.25, 0.3) is 0 Å². The number of halogens is 1.